The minimum Gasteiger partial charge on any atom is -0.490 e. The average Bonchev–Trinajstić information content (AvgIpc) is 2.84. The van der Waals surface area contributed by atoms with Gasteiger partial charge in [0, 0.05) is 18.2 Å². The number of benzene rings is 2. The number of aliphatic imine (C=N–C) groups is 1. The van der Waals surface area contributed by atoms with Crippen LogP contribution in [0.2, 0.25) is 0 Å². The van der Waals surface area contributed by atoms with Crippen molar-refractivity contribution in [3.05, 3.63) is 53.1 Å². The number of anilines is 1. The van der Waals surface area contributed by atoms with Crippen molar-refractivity contribution >= 4 is 11.6 Å². The van der Waals surface area contributed by atoms with E-state index in [1.807, 2.05) is 0 Å². The van der Waals surface area contributed by atoms with E-state index in [-0.39, 0.29) is 12.5 Å². The van der Waals surface area contributed by atoms with Gasteiger partial charge < -0.3 is 20.5 Å². The maximum absolute atomic E-state index is 12.7. The van der Waals surface area contributed by atoms with E-state index in [4.69, 9.17) is 15.2 Å². The second-order valence-electron chi connectivity index (χ2n) is 6.18. The van der Waals surface area contributed by atoms with Crippen molar-refractivity contribution in [2.45, 2.75) is 26.1 Å². The van der Waals surface area contributed by atoms with Gasteiger partial charge in [-0.3, -0.25) is 0 Å². The van der Waals surface area contributed by atoms with E-state index in [9.17, 15) is 13.2 Å². The number of nitrogens with two attached hydrogens (primary N) is 1. The molecule has 0 bridgehead atoms. The molecule has 8 heteroatoms. The summed E-state index contributed by atoms with van der Waals surface area (Å²) in [5.74, 6) is 1.46. The van der Waals surface area contributed by atoms with Crippen LogP contribution in [0.4, 0.5) is 18.9 Å². The molecule has 144 valence electrons. The number of nitrogens with zero attached hydrogens (tertiary/aromatic N) is 1. The SMILES string of the molecule is Cc1cc(C(F)(F)F)ccc1CN=C(N)Nc1ccc2c(c1)OCCCO2. The number of hydrogen-bond acceptors (Lipinski definition) is 3. The molecule has 0 saturated heterocycles. The van der Waals surface area contributed by atoms with Crippen LogP contribution in [0.3, 0.4) is 0 Å². The number of alkyl halides is 3. The molecule has 0 spiro atoms. The van der Waals surface area contributed by atoms with E-state index in [1.165, 1.54) is 6.07 Å². The second kappa shape index (κ2) is 7.77. The molecule has 3 N–H and O–H groups in total. The van der Waals surface area contributed by atoms with Crippen molar-refractivity contribution in [2.24, 2.45) is 10.7 Å². The molecule has 0 aliphatic carbocycles. The summed E-state index contributed by atoms with van der Waals surface area (Å²) in [7, 11) is 0. The zero-order chi connectivity index (χ0) is 19.4. The van der Waals surface area contributed by atoms with Gasteiger partial charge in [0.05, 0.1) is 25.3 Å². The molecule has 0 unspecified atom stereocenters. The van der Waals surface area contributed by atoms with Crippen LogP contribution < -0.4 is 20.5 Å². The first-order valence-electron chi connectivity index (χ1n) is 8.46. The Labute approximate surface area is 155 Å². The largest absolute Gasteiger partial charge is 0.490 e. The van der Waals surface area contributed by atoms with Crippen LogP contribution in [-0.4, -0.2) is 19.2 Å². The zero-order valence-corrected chi connectivity index (χ0v) is 14.8. The summed E-state index contributed by atoms with van der Waals surface area (Å²) in [4.78, 5) is 4.20. The van der Waals surface area contributed by atoms with Gasteiger partial charge in [0.1, 0.15) is 0 Å². The lowest BCUT2D eigenvalue weighted by Crippen LogP contribution is -2.22. The number of ether oxygens (including phenoxy) is 2. The number of fused-ring (bicyclic) bond motifs is 1. The molecule has 0 radical (unpaired) electrons. The molecule has 3 rings (SSSR count). The van der Waals surface area contributed by atoms with E-state index in [0.717, 1.165) is 18.6 Å². The summed E-state index contributed by atoms with van der Waals surface area (Å²) in [6.45, 7) is 2.98. The fourth-order valence-electron chi connectivity index (χ4n) is 2.65. The highest BCUT2D eigenvalue weighted by atomic mass is 19.4. The van der Waals surface area contributed by atoms with Crippen LogP contribution >= 0.6 is 0 Å². The normalized spacial score (nSPS) is 14.6. The molecule has 1 heterocycles. The van der Waals surface area contributed by atoms with E-state index < -0.39 is 11.7 Å². The Hall–Kier alpha value is -2.90. The van der Waals surface area contributed by atoms with Crippen LogP contribution in [0.1, 0.15) is 23.1 Å². The molecule has 0 aromatic heterocycles. The van der Waals surface area contributed by atoms with Crippen molar-refractivity contribution in [2.75, 3.05) is 18.5 Å². The number of hydrogen-bond donors (Lipinski definition) is 2. The minimum absolute atomic E-state index is 0.156. The van der Waals surface area contributed by atoms with Gasteiger partial charge in [-0.1, -0.05) is 6.07 Å². The Balaban J connectivity index is 1.67. The Morgan fingerprint density at radius 3 is 2.56 bits per heavy atom. The van der Waals surface area contributed by atoms with Gasteiger partial charge in [-0.2, -0.15) is 13.2 Å². The Kier molecular flexibility index (Phi) is 5.43. The number of guanidine groups is 1. The molecular weight excluding hydrogens is 359 g/mol. The van der Waals surface area contributed by atoms with Gasteiger partial charge in [0.15, 0.2) is 17.5 Å². The molecular formula is C19H20F3N3O2. The molecule has 0 saturated carbocycles. The van der Waals surface area contributed by atoms with Gasteiger partial charge in [0.25, 0.3) is 0 Å². The first kappa shape index (κ1) is 18.9. The molecule has 27 heavy (non-hydrogen) atoms. The molecule has 2 aromatic carbocycles. The lowest BCUT2D eigenvalue weighted by Gasteiger charge is -2.12. The average molecular weight is 379 g/mol. The fourth-order valence-corrected chi connectivity index (χ4v) is 2.65. The summed E-state index contributed by atoms with van der Waals surface area (Å²) in [6.07, 6.45) is -3.54. The van der Waals surface area contributed by atoms with Crippen molar-refractivity contribution in [1.29, 1.82) is 0 Å². The molecule has 0 fully saturated rings. The number of aryl methyl sites for hydroxylation is 1. The summed E-state index contributed by atoms with van der Waals surface area (Å²) >= 11 is 0. The van der Waals surface area contributed by atoms with Gasteiger partial charge in [-0.15, -0.1) is 0 Å². The summed E-state index contributed by atoms with van der Waals surface area (Å²) in [5.41, 5.74) is 7.09. The molecule has 1 aliphatic heterocycles. The van der Waals surface area contributed by atoms with Gasteiger partial charge >= 0.3 is 6.18 Å². The highest BCUT2D eigenvalue weighted by Gasteiger charge is 2.30. The molecule has 5 nitrogen and oxygen atoms in total. The van der Waals surface area contributed by atoms with Crippen LogP contribution in [0, 0.1) is 6.92 Å². The molecule has 1 aliphatic rings. The topological polar surface area (TPSA) is 68.9 Å². The van der Waals surface area contributed by atoms with Crippen LogP contribution in [0.15, 0.2) is 41.4 Å². The Morgan fingerprint density at radius 1 is 1.11 bits per heavy atom. The predicted octanol–water partition coefficient (Wildman–Crippen LogP) is 4.10. The zero-order valence-electron chi connectivity index (χ0n) is 14.8. The third kappa shape index (κ3) is 4.84. The Bertz CT molecular complexity index is 851. The van der Waals surface area contributed by atoms with E-state index >= 15 is 0 Å². The smallest absolute Gasteiger partial charge is 0.416 e. The highest BCUT2D eigenvalue weighted by molar-refractivity contribution is 5.92. The third-order valence-corrected chi connectivity index (χ3v) is 4.11. The lowest BCUT2D eigenvalue weighted by atomic mass is 10.1. The number of rotatable bonds is 3. The Morgan fingerprint density at radius 2 is 1.85 bits per heavy atom. The van der Waals surface area contributed by atoms with E-state index in [2.05, 4.69) is 10.3 Å². The van der Waals surface area contributed by atoms with Crippen molar-refractivity contribution in [1.82, 2.24) is 0 Å². The van der Waals surface area contributed by atoms with E-state index in [1.54, 1.807) is 25.1 Å². The second-order valence-corrected chi connectivity index (χ2v) is 6.18. The van der Waals surface area contributed by atoms with Crippen LogP contribution in [0.25, 0.3) is 0 Å². The highest BCUT2D eigenvalue weighted by Crippen LogP contribution is 2.32. The number of halogens is 3. The van der Waals surface area contributed by atoms with Crippen LogP contribution in [0.5, 0.6) is 11.5 Å². The first-order valence-corrected chi connectivity index (χ1v) is 8.46. The maximum atomic E-state index is 12.7. The maximum Gasteiger partial charge on any atom is 0.416 e. The molecule has 2 aromatic rings. The van der Waals surface area contributed by atoms with Gasteiger partial charge in [-0.05, 0) is 42.3 Å². The fraction of sp³-hybridized carbons (Fsp3) is 0.316. The van der Waals surface area contributed by atoms with Gasteiger partial charge in [-0.25, -0.2) is 4.99 Å². The van der Waals surface area contributed by atoms with Crippen molar-refractivity contribution < 1.29 is 22.6 Å². The standard InChI is InChI=1S/C19H20F3N3O2/c1-12-9-14(19(20,21)22)4-3-13(12)11-24-18(23)25-15-5-6-16-17(10-15)27-8-2-7-26-16/h3-6,9-10H,2,7-8,11H2,1H3,(H3,23,24,25). The summed E-state index contributed by atoms with van der Waals surface area (Å²) in [6, 6.07) is 8.92. The quantitative estimate of drug-likeness (QED) is 0.622. The summed E-state index contributed by atoms with van der Waals surface area (Å²) in [5, 5.41) is 2.95. The molecule has 0 amide bonds. The molecule has 0 atom stereocenters. The predicted molar refractivity (Wildman–Crippen MR) is 97.2 cm³/mol. The number of nitrogens with one attached hydrogen (secondary N) is 1. The van der Waals surface area contributed by atoms with Crippen molar-refractivity contribution in [3.8, 4) is 11.5 Å². The summed E-state index contributed by atoms with van der Waals surface area (Å²) < 4.78 is 49.4. The van der Waals surface area contributed by atoms with Gasteiger partial charge in [0.2, 0.25) is 0 Å². The van der Waals surface area contributed by atoms with E-state index in [0.29, 0.717) is 41.5 Å². The van der Waals surface area contributed by atoms with Crippen molar-refractivity contribution in [3.63, 3.8) is 0 Å². The third-order valence-electron chi connectivity index (χ3n) is 4.11. The minimum atomic E-state index is -4.36. The first-order chi connectivity index (χ1) is 12.8. The van der Waals surface area contributed by atoms with Crippen LogP contribution in [-0.2, 0) is 12.7 Å². The lowest BCUT2D eigenvalue weighted by molar-refractivity contribution is -0.137. The monoisotopic (exact) mass is 379 g/mol.